The number of carbonyl (C=O) groups is 3. The molecule has 3 N–H and O–H groups in total. The number of aliphatic carboxylic acids is 1. The van der Waals surface area contributed by atoms with Crippen LogP contribution < -0.4 is 10.6 Å². The van der Waals surface area contributed by atoms with Crippen molar-refractivity contribution in [1.29, 1.82) is 0 Å². The molecular formula is C18H17ClN2O4. The molecule has 0 radical (unpaired) electrons. The zero-order valence-corrected chi connectivity index (χ0v) is 14.0. The molecule has 2 amide bonds. The monoisotopic (exact) mass is 360 g/mol. The zero-order chi connectivity index (χ0) is 18.2. The molecule has 25 heavy (non-hydrogen) atoms. The number of carboxylic acid groups (broad SMARTS) is 1. The third-order valence-corrected chi connectivity index (χ3v) is 3.83. The molecular weight excluding hydrogens is 344 g/mol. The molecule has 2 aromatic rings. The van der Waals surface area contributed by atoms with Crippen molar-refractivity contribution in [2.45, 2.75) is 12.5 Å². The van der Waals surface area contributed by atoms with Crippen LogP contribution in [-0.4, -0.2) is 35.5 Å². The molecule has 0 spiro atoms. The molecule has 7 heteroatoms. The van der Waals surface area contributed by atoms with Crippen molar-refractivity contribution in [1.82, 2.24) is 10.6 Å². The molecule has 0 aliphatic heterocycles. The Kier molecular flexibility index (Phi) is 6.54. The van der Waals surface area contributed by atoms with Gasteiger partial charge in [-0.25, -0.2) is 4.79 Å². The number of benzene rings is 2. The van der Waals surface area contributed by atoms with Crippen molar-refractivity contribution in [2.24, 2.45) is 0 Å². The summed E-state index contributed by atoms with van der Waals surface area (Å²) in [4.78, 5) is 35.2. The van der Waals surface area contributed by atoms with Crippen molar-refractivity contribution in [2.75, 3.05) is 6.54 Å². The van der Waals surface area contributed by atoms with Crippen LogP contribution in [0.3, 0.4) is 0 Å². The van der Waals surface area contributed by atoms with E-state index in [0.717, 1.165) is 0 Å². The molecule has 1 atom stereocenters. The highest BCUT2D eigenvalue weighted by Crippen LogP contribution is 2.16. The summed E-state index contributed by atoms with van der Waals surface area (Å²) in [6.07, 6.45) is 0.0490. The fraction of sp³-hybridized carbons (Fsp3) is 0.167. The van der Waals surface area contributed by atoms with E-state index in [1.807, 2.05) is 0 Å². The van der Waals surface area contributed by atoms with Gasteiger partial charge in [0, 0.05) is 17.0 Å². The molecule has 0 saturated carbocycles. The number of hydrogen-bond acceptors (Lipinski definition) is 3. The molecule has 0 fully saturated rings. The lowest BCUT2D eigenvalue weighted by Crippen LogP contribution is -2.46. The van der Waals surface area contributed by atoms with E-state index in [2.05, 4.69) is 10.6 Å². The summed E-state index contributed by atoms with van der Waals surface area (Å²) in [5.41, 5.74) is 1.03. The van der Waals surface area contributed by atoms with Gasteiger partial charge in [-0.3, -0.25) is 9.59 Å². The Hall–Kier alpha value is -2.86. The minimum atomic E-state index is -1.18. The van der Waals surface area contributed by atoms with Crippen LogP contribution in [0.1, 0.15) is 15.9 Å². The van der Waals surface area contributed by atoms with Crippen LogP contribution in [0, 0.1) is 0 Å². The van der Waals surface area contributed by atoms with Gasteiger partial charge in [0.1, 0.15) is 6.04 Å². The first-order valence-electron chi connectivity index (χ1n) is 7.56. The third-order valence-electron chi connectivity index (χ3n) is 3.46. The number of nitrogens with one attached hydrogen (secondary N) is 2. The highest BCUT2D eigenvalue weighted by molar-refractivity contribution is 6.31. The highest BCUT2D eigenvalue weighted by atomic mass is 35.5. The van der Waals surface area contributed by atoms with Crippen LogP contribution >= 0.6 is 11.6 Å². The molecule has 0 bridgehead atoms. The van der Waals surface area contributed by atoms with Gasteiger partial charge in [0.25, 0.3) is 5.91 Å². The Labute approximate surface area is 149 Å². The van der Waals surface area contributed by atoms with Crippen LogP contribution in [0.4, 0.5) is 0 Å². The lowest BCUT2D eigenvalue weighted by atomic mass is 10.1. The molecule has 2 rings (SSSR count). The Bertz CT molecular complexity index is 765. The largest absolute Gasteiger partial charge is 0.480 e. The van der Waals surface area contributed by atoms with Crippen molar-refractivity contribution in [3.05, 3.63) is 70.7 Å². The fourth-order valence-electron chi connectivity index (χ4n) is 2.18. The minimum absolute atomic E-state index is 0.0490. The average Bonchev–Trinajstić information content (AvgIpc) is 2.61. The number of rotatable bonds is 7. The Morgan fingerprint density at radius 2 is 1.64 bits per heavy atom. The second-order valence-electron chi connectivity index (χ2n) is 5.30. The van der Waals surface area contributed by atoms with E-state index in [4.69, 9.17) is 11.6 Å². The predicted molar refractivity (Wildman–Crippen MR) is 93.5 cm³/mol. The summed E-state index contributed by atoms with van der Waals surface area (Å²) in [5.74, 6) is -2.18. The normalized spacial score (nSPS) is 11.4. The quantitative estimate of drug-likeness (QED) is 0.702. The number of carboxylic acids is 1. The van der Waals surface area contributed by atoms with Crippen molar-refractivity contribution >= 4 is 29.4 Å². The van der Waals surface area contributed by atoms with Crippen LogP contribution in [0.5, 0.6) is 0 Å². The topological polar surface area (TPSA) is 95.5 Å². The van der Waals surface area contributed by atoms with Gasteiger partial charge in [-0.1, -0.05) is 48.0 Å². The van der Waals surface area contributed by atoms with Gasteiger partial charge in [-0.2, -0.15) is 0 Å². The van der Waals surface area contributed by atoms with Gasteiger partial charge in [0.15, 0.2) is 0 Å². The number of carbonyl (C=O) groups excluding carboxylic acids is 2. The molecule has 0 unspecified atom stereocenters. The van der Waals surface area contributed by atoms with E-state index in [1.165, 1.54) is 0 Å². The fourth-order valence-corrected chi connectivity index (χ4v) is 2.39. The SMILES string of the molecule is O=C(CNC(=O)c1ccccc1)N[C@H](Cc1ccccc1Cl)C(=O)O. The van der Waals surface area contributed by atoms with Crippen molar-refractivity contribution in [3.63, 3.8) is 0 Å². The van der Waals surface area contributed by atoms with Crippen molar-refractivity contribution < 1.29 is 19.5 Å². The third kappa shape index (κ3) is 5.61. The Morgan fingerprint density at radius 3 is 2.28 bits per heavy atom. The predicted octanol–water partition coefficient (Wildman–Crippen LogP) is 1.88. The van der Waals surface area contributed by atoms with Crippen LogP contribution in [0.2, 0.25) is 5.02 Å². The molecule has 6 nitrogen and oxygen atoms in total. The van der Waals surface area contributed by atoms with E-state index in [9.17, 15) is 19.5 Å². The first-order chi connectivity index (χ1) is 12.0. The molecule has 0 aliphatic rings. The maximum absolute atomic E-state index is 11.9. The molecule has 0 saturated heterocycles. The van der Waals surface area contributed by atoms with Gasteiger partial charge >= 0.3 is 5.97 Å². The number of amides is 2. The van der Waals surface area contributed by atoms with Gasteiger partial charge in [0.2, 0.25) is 5.91 Å². The van der Waals surface area contributed by atoms with Crippen LogP contribution in [0.25, 0.3) is 0 Å². The van der Waals surface area contributed by atoms with E-state index in [1.54, 1.807) is 54.6 Å². The standard InChI is InChI=1S/C18H17ClN2O4/c19-14-9-5-4-8-13(14)10-15(18(24)25)21-16(22)11-20-17(23)12-6-2-1-3-7-12/h1-9,15H,10-11H2,(H,20,23)(H,21,22)(H,24,25)/t15-/m1/s1. The number of halogens is 1. The van der Waals surface area contributed by atoms with E-state index in [-0.39, 0.29) is 13.0 Å². The number of hydrogen-bond donors (Lipinski definition) is 3. The first-order valence-corrected chi connectivity index (χ1v) is 7.94. The smallest absolute Gasteiger partial charge is 0.326 e. The maximum atomic E-state index is 11.9. The lowest BCUT2D eigenvalue weighted by molar-refractivity contribution is -0.141. The molecule has 2 aromatic carbocycles. The summed E-state index contributed by atoms with van der Waals surface area (Å²) in [6.45, 7) is -0.319. The average molecular weight is 361 g/mol. The van der Waals surface area contributed by atoms with Gasteiger partial charge in [-0.15, -0.1) is 0 Å². The van der Waals surface area contributed by atoms with Crippen LogP contribution in [0.15, 0.2) is 54.6 Å². The summed E-state index contributed by atoms with van der Waals surface area (Å²) in [5, 5.41) is 14.6. The minimum Gasteiger partial charge on any atom is -0.480 e. The van der Waals surface area contributed by atoms with Gasteiger partial charge in [-0.05, 0) is 23.8 Å². The molecule has 0 heterocycles. The molecule has 130 valence electrons. The summed E-state index contributed by atoms with van der Waals surface area (Å²) < 4.78 is 0. The summed E-state index contributed by atoms with van der Waals surface area (Å²) >= 11 is 6.02. The van der Waals surface area contributed by atoms with E-state index < -0.39 is 23.8 Å². The second-order valence-corrected chi connectivity index (χ2v) is 5.71. The van der Waals surface area contributed by atoms with Crippen molar-refractivity contribution in [3.8, 4) is 0 Å². The van der Waals surface area contributed by atoms with Gasteiger partial charge < -0.3 is 15.7 Å². The van der Waals surface area contributed by atoms with Crippen LogP contribution in [-0.2, 0) is 16.0 Å². The Morgan fingerprint density at radius 1 is 1.00 bits per heavy atom. The zero-order valence-electron chi connectivity index (χ0n) is 13.2. The maximum Gasteiger partial charge on any atom is 0.326 e. The summed E-state index contributed by atoms with van der Waals surface area (Å²) in [7, 11) is 0. The lowest BCUT2D eigenvalue weighted by Gasteiger charge is -2.15. The molecule has 0 aliphatic carbocycles. The van der Waals surface area contributed by atoms with E-state index in [0.29, 0.717) is 16.1 Å². The summed E-state index contributed by atoms with van der Waals surface area (Å²) in [6, 6.07) is 14.1. The van der Waals surface area contributed by atoms with E-state index >= 15 is 0 Å². The Balaban J connectivity index is 1.91. The van der Waals surface area contributed by atoms with Gasteiger partial charge in [0.05, 0.1) is 6.54 Å². The highest BCUT2D eigenvalue weighted by Gasteiger charge is 2.21. The molecule has 0 aromatic heterocycles. The first kappa shape index (κ1) is 18.5. The second kappa shape index (κ2) is 8.84.